The fourth-order valence-electron chi connectivity index (χ4n) is 4.97. The Hall–Kier alpha value is -3.92. The molecular formula is C28H31F3N6O5S. The van der Waals surface area contributed by atoms with Gasteiger partial charge in [0.1, 0.15) is 30.0 Å². The molecule has 1 aromatic heterocycles. The van der Waals surface area contributed by atoms with E-state index in [1.54, 1.807) is 21.9 Å². The highest BCUT2D eigenvalue weighted by Gasteiger charge is 2.39. The van der Waals surface area contributed by atoms with Crippen LogP contribution in [0, 0.1) is 23.2 Å². The standard InChI is InChI=1S/C28H31F3N6O5S/c29-28(30,31)27-34-24(36-14-10-22(11-15-36)42-16-1-2-17-43(39,40)41)18-25(35-27)37-13-3-4-23(37)26(38)33-12-9-20-5-7-21(19-32)8-6-20/h5-8,18,22-23H,3-4,9-17H2,(H,33,38)(H,39,40,41)/t23-/m0/s1. The molecule has 2 aliphatic heterocycles. The van der Waals surface area contributed by atoms with E-state index in [1.807, 2.05) is 18.2 Å². The zero-order valence-electron chi connectivity index (χ0n) is 23.2. The summed E-state index contributed by atoms with van der Waals surface area (Å²) in [6.45, 7) is 1.38. The number of rotatable bonds is 9. The maximum Gasteiger partial charge on any atom is 0.451 e. The van der Waals surface area contributed by atoms with Gasteiger partial charge in [-0.3, -0.25) is 9.35 Å². The van der Waals surface area contributed by atoms with Crippen LogP contribution in [-0.2, 0) is 32.2 Å². The fourth-order valence-corrected chi connectivity index (χ4v) is 5.25. The Balaban J connectivity index is 1.39. The molecule has 2 N–H and O–H groups in total. The summed E-state index contributed by atoms with van der Waals surface area (Å²) in [5, 5.41) is 11.8. The predicted molar refractivity (Wildman–Crippen MR) is 151 cm³/mol. The zero-order chi connectivity index (χ0) is 31.0. The number of carbonyl (C=O) groups is 1. The number of nitriles is 1. The van der Waals surface area contributed by atoms with Crippen molar-refractivity contribution in [2.75, 3.05) is 48.3 Å². The van der Waals surface area contributed by atoms with Gasteiger partial charge in [-0.25, -0.2) is 9.97 Å². The van der Waals surface area contributed by atoms with E-state index in [4.69, 9.17) is 14.6 Å². The van der Waals surface area contributed by atoms with Gasteiger partial charge in [-0.05, 0) is 49.8 Å². The first kappa shape index (κ1) is 32.0. The minimum absolute atomic E-state index is 0.0366. The van der Waals surface area contributed by atoms with E-state index in [9.17, 15) is 26.4 Å². The molecule has 0 spiro atoms. The maximum atomic E-state index is 13.8. The van der Waals surface area contributed by atoms with E-state index in [1.165, 1.54) is 6.07 Å². The van der Waals surface area contributed by atoms with Gasteiger partial charge in [0.15, 0.2) is 0 Å². The normalized spacial score (nSPS) is 17.7. The molecule has 11 nitrogen and oxygen atoms in total. The van der Waals surface area contributed by atoms with Gasteiger partial charge in [-0.15, -0.1) is 0 Å². The van der Waals surface area contributed by atoms with Crippen LogP contribution in [0.25, 0.3) is 0 Å². The summed E-state index contributed by atoms with van der Waals surface area (Å²) in [7, 11) is -4.18. The molecule has 1 aromatic carbocycles. The first-order valence-electron chi connectivity index (χ1n) is 13.7. The molecule has 2 aromatic rings. The van der Waals surface area contributed by atoms with Gasteiger partial charge in [0.25, 0.3) is 10.1 Å². The zero-order valence-corrected chi connectivity index (χ0v) is 24.0. The van der Waals surface area contributed by atoms with Crippen molar-refractivity contribution in [2.45, 2.75) is 50.4 Å². The summed E-state index contributed by atoms with van der Waals surface area (Å²) in [6.07, 6.45) is -2.43. The number of anilines is 2. The summed E-state index contributed by atoms with van der Waals surface area (Å²) in [4.78, 5) is 24.0. The van der Waals surface area contributed by atoms with Crippen molar-refractivity contribution in [3.8, 4) is 17.9 Å². The summed E-state index contributed by atoms with van der Waals surface area (Å²) in [5.41, 5.74) is 1.48. The number of halogens is 3. The molecule has 3 heterocycles. The Kier molecular flexibility index (Phi) is 10.4. The average molecular weight is 621 g/mol. The summed E-state index contributed by atoms with van der Waals surface area (Å²) >= 11 is 0. The Morgan fingerprint density at radius 2 is 1.79 bits per heavy atom. The van der Waals surface area contributed by atoms with Gasteiger partial charge >= 0.3 is 6.18 Å². The van der Waals surface area contributed by atoms with Gasteiger partial charge in [-0.2, -0.15) is 26.9 Å². The van der Waals surface area contributed by atoms with Gasteiger partial charge in [0.2, 0.25) is 11.7 Å². The molecule has 4 rings (SSSR count). The van der Waals surface area contributed by atoms with E-state index in [2.05, 4.69) is 27.1 Å². The number of nitrogens with zero attached hydrogens (tertiary/aromatic N) is 5. The van der Waals surface area contributed by atoms with Crippen LogP contribution in [-0.4, -0.2) is 79.5 Å². The van der Waals surface area contributed by atoms with Gasteiger partial charge in [0.05, 0.1) is 17.7 Å². The predicted octanol–water partition coefficient (Wildman–Crippen LogP) is 2.57. The minimum Gasteiger partial charge on any atom is -0.365 e. The van der Waals surface area contributed by atoms with Crippen molar-refractivity contribution < 1.29 is 35.7 Å². The van der Waals surface area contributed by atoms with Crippen LogP contribution in [0.4, 0.5) is 24.8 Å². The van der Waals surface area contributed by atoms with Crippen LogP contribution < -0.4 is 15.1 Å². The molecule has 2 saturated heterocycles. The Morgan fingerprint density at radius 3 is 2.44 bits per heavy atom. The van der Waals surface area contributed by atoms with Crippen LogP contribution >= 0.6 is 0 Å². The SMILES string of the molecule is N#Cc1ccc(CCNC(=O)[C@@H]2CCCN2c2cc(N3CCC(OCC#CCS(=O)(=O)O)CC3)nc(C(F)(F)F)n2)cc1. The first-order chi connectivity index (χ1) is 20.4. The lowest BCUT2D eigenvalue weighted by molar-refractivity contribution is -0.144. The molecule has 43 heavy (non-hydrogen) atoms. The number of piperidine rings is 1. The highest BCUT2D eigenvalue weighted by atomic mass is 32.2. The maximum absolute atomic E-state index is 13.8. The number of amides is 1. The lowest BCUT2D eigenvalue weighted by atomic mass is 10.1. The van der Waals surface area contributed by atoms with Crippen LogP contribution in [0.2, 0.25) is 0 Å². The van der Waals surface area contributed by atoms with E-state index in [0.717, 1.165) is 5.56 Å². The minimum atomic E-state index is -4.79. The number of ether oxygens (including phenoxy) is 1. The van der Waals surface area contributed by atoms with E-state index in [-0.39, 0.29) is 30.3 Å². The molecule has 0 radical (unpaired) electrons. The quantitative estimate of drug-likeness (QED) is 0.317. The third-order valence-electron chi connectivity index (χ3n) is 7.14. The average Bonchev–Trinajstić information content (AvgIpc) is 3.47. The van der Waals surface area contributed by atoms with Crippen LogP contribution in [0.1, 0.15) is 42.6 Å². The molecule has 230 valence electrons. The van der Waals surface area contributed by atoms with Gasteiger partial charge < -0.3 is 19.9 Å². The number of aromatic nitrogens is 2. The Morgan fingerprint density at radius 1 is 1.09 bits per heavy atom. The smallest absolute Gasteiger partial charge is 0.365 e. The molecule has 0 bridgehead atoms. The van der Waals surface area contributed by atoms with Crippen molar-refractivity contribution in [1.82, 2.24) is 15.3 Å². The number of hydrogen-bond acceptors (Lipinski definition) is 9. The molecule has 1 amide bonds. The largest absolute Gasteiger partial charge is 0.451 e. The van der Waals surface area contributed by atoms with E-state index < -0.39 is 33.9 Å². The van der Waals surface area contributed by atoms with Crippen LogP contribution in [0.5, 0.6) is 0 Å². The third kappa shape index (κ3) is 9.28. The number of alkyl halides is 3. The lowest BCUT2D eigenvalue weighted by Crippen LogP contribution is -2.44. The van der Waals surface area contributed by atoms with E-state index in [0.29, 0.717) is 63.8 Å². The number of carbonyl (C=O) groups excluding carboxylic acids is 1. The molecule has 2 fully saturated rings. The number of hydrogen-bond donors (Lipinski definition) is 2. The molecular weight excluding hydrogens is 589 g/mol. The van der Waals surface area contributed by atoms with Gasteiger partial charge in [-0.1, -0.05) is 24.0 Å². The summed E-state index contributed by atoms with van der Waals surface area (Å²) in [6, 6.07) is 9.87. The van der Waals surface area contributed by atoms with Crippen molar-refractivity contribution in [1.29, 1.82) is 5.26 Å². The fraction of sp³-hybridized carbons (Fsp3) is 0.500. The highest BCUT2D eigenvalue weighted by molar-refractivity contribution is 7.86. The highest BCUT2D eigenvalue weighted by Crippen LogP contribution is 2.33. The van der Waals surface area contributed by atoms with Crippen molar-refractivity contribution in [3.05, 3.63) is 47.3 Å². The van der Waals surface area contributed by atoms with Crippen molar-refractivity contribution in [2.24, 2.45) is 0 Å². The van der Waals surface area contributed by atoms with Crippen LogP contribution in [0.15, 0.2) is 30.3 Å². The number of nitrogens with one attached hydrogen (secondary N) is 1. The van der Waals surface area contributed by atoms with Crippen molar-refractivity contribution >= 4 is 27.7 Å². The topological polar surface area (TPSA) is 149 Å². The second-order valence-corrected chi connectivity index (χ2v) is 11.6. The summed E-state index contributed by atoms with van der Waals surface area (Å²) < 4.78 is 77.2. The van der Waals surface area contributed by atoms with Crippen molar-refractivity contribution in [3.63, 3.8) is 0 Å². The molecule has 0 aliphatic carbocycles. The third-order valence-corrected chi connectivity index (χ3v) is 7.64. The summed E-state index contributed by atoms with van der Waals surface area (Å²) in [5.74, 6) is 2.69. The first-order valence-corrected chi connectivity index (χ1v) is 15.3. The molecule has 15 heteroatoms. The second kappa shape index (κ2) is 14.0. The van der Waals surface area contributed by atoms with E-state index >= 15 is 0 Å². The van der Waals surface area contributed by atoms with Crippen LogP contribution in [0.3, 0.4) is 0 Å². The Labute approximate surface area is 247 Å². The molecule has 0 saturated carbocycles. The Bertz CT molecular complexity index is 1490. The number of benzene rings is 1. The molecule has 0 unspecified atom stereocenters. The monoisotopic (exact) mass is 620 g/mol. The molecule has 1 atom stereocenters. The molecule has 2 aliphatic rings. The second-order valence-electron chi connectivity index (χ2n) is 10.2. The lowest BCUT2D eigenvalue weighted by Gasteiger charge is -2.33. The van der Waals surface area contributed by atoms with Gasteiger partial charge in [0, 0.05) is 32.2 Å².